The molecule has 0 saturated carbocycles. The minimum absolute atomic E-state index is 0.0962. The number of esters is 3. The van der Waals surface area contributed by atoms with E-state index in [1.54, 1.807) is 0 Å². The van der Waals surface area contributed by atoms with E-state index in [9.17, 15) is 14.4 Å². The molecule has 0 aliphatic heterocycles. The van der Waals surface area contributed by atoms with Crippen LogP contribution in [0.2, 0.25) is 0 Å². The predicted molar refractivity (Wildman–Crippen MR) is 242 cm³/mol. The Morgan fingerprint density at radius 2 is 0.719 bits per heavy atom. The highest BCUT2D eigenvalue weighted by Crippen LogP contribution is 2.14. The largest absolute Gasteiger partial charge is 0.462 e. The molecule has 0 aromatic rings. The second kappa shape index (κ2) is 46.1. The van der Waals surface area contributed by atoms with Crippen molar-refractivity contribution in [3.8, 4) is 0 Å². The Balaban J connectivity index is 4.44. The lowest BCUT2D eigenvalue weighted by molar-refractivity contribution is -0.166. The van der Waals surface area contributed by atoms with Crippen LogP contribution in [0.15, 0.2) is 48.6 Å². The molecule has 1 atom stereocenters. The van der Waals surface area contributed by atoms with Gasteiger partial charge in [0.2, 0.25) is 0 Å². The number of ether oxygens (including phenoxy) is 3. The fourth-order valence-electron chi connectivity index (χ4n) is 6.71. The van der Waals surface area contributed by atoms with Gasteiger partial charge in [-0.05, 0) is 64.2 Å². The summed E-state index contributed by atoms with van der Waals surface area (Å²) < 4.78 is 16.7. The van der Waals surface area contributed by atoms with Crippen molar-refractivity contribution in [2.45, 2.75) is 245 Å². The molecular weight excluding hydrogens is 709 g/mol. The number of hydrogen-bond donors (Lipinski definition) is 0. The summed E-state index contributed by atoms with van der Waals surface area (Å²) >= 11 is 0. The normalized spacial score (nSPS) is 12.4. The van der Waals surface area contributed by atoms with Crippen LogP contribution in [0.3, 0.4) is 0 Å². The molecule has 6 heteroatoms. The minimum Gasteiger partial charge on any atom is -0.462 e. The molecular formula is C51H90O6. The summed E-state index contributed by atoms with van der Waals surface area (Å²) in [6.45, 7) is 6.46. The van der Waals surface area contributed by atoms with Crippen molar-refractivity contribution in [1.29, 1.82) is 0 Å². The van der Waals surface area contributed by atoms with Crippen LogP contribution in [-0.4, -0.2) is 37.2 Å². The summed E-state index contributed by atoms with van der Waals surface area (Å²) in [6.07, 6.45) is 53.9. The Bertz CT molecular complexity index is 1010. The Morgan fingerprint density at radius 3 is 1.12 bits per heavy atom. The maximum Gasteiger partial charge on any atom is 0.306 e. The Hall–Kier alpha value is -2.63. The molecule has 0 bridgehead atoms. The fourth-order valence-corrected chi connectivity index (χ4v) is 6.71. The van der Waals surface area contributed by atoms with Crippen LogP contribution in [0, 0.1) is 0 Å². The molecule has 1 unspecified atom stereocenters. The topological polar surface area (TPSA) is 78.9 Å². The van der Waals surface area contributed by atoms with Crippen LogP contribution in [0.4, 0.5) is 0 Å². The number of unbranched alkanes of at least 4 members (excludes halogenated alkanes) is 24. The molecule has 330 valence electrons. The highest BCUT2D eigenvalue weighted by Gasteiger charge is 2.19. The summed E-state index contributed by atoms with van der Waals surface area (Å²) in [5.41, 5.74) is 0. The van der Waals surface area contributed by atoms with E-state index in [2.05, 4.69) is 63.3 Å². The first kappa shape index (κ1) is 54.4. The Morgan fingerprint density at radius 1 is 0.368 bits per heavy atom. The van der Waals surface area contributed by atoms with E-state index in [-0.39, 0.29) is 37.5 Å². The third kappa shape index (κ3) is 44.3. The lowest BCUT2D eigenvalue weighted by atomic mass is 10.0. The van der Waals surface area contributed by atoms with E-state index in [0.29, 0.717) is 19.3 Å². The Kier molecular flexibility index (Phi) is 43.9. The van der Waals surface area contributed by atoms with E-state index >= 15 is 0 Å². The van der Waals surface area contributed by atoms with Gasteiger partial charge in [-0.15, -0.1) is 0 Å². The third-order valence-electron chi connectivity index (χ3n) is 10.3. The van der Waals surface area contributed by atoms with Crippen molar-refractivity contribution >= 4 is 17.9 Å². The third-order valence-corrected chi connectivity index (χ3v) is 10.3. The van der Waals surface area contributed by atoms with Gasteiger partial charge in [-0.25, -0.2) is 0 Å². The van der Waals surface area contributed by atoms with E-state index in [0.717, 1.165) is 70.6 Å². The molecule has 0 spiro atoms. The van der Waals surface area contributed by atoms with Crippen LogP contribution in [0.5, 0.6) is 0 Å². The van der Waals surface area contributed by atoms with Crippen molar-refractivity contribution in [1.82, 2.24) is 0 Å². The molecule has 57 heavy (non-hydrogen) atoms. The van der Waals surface area contributed by atoms with Gasteiger partial charge in [-0.1, -0.05) is 204 Å². The van der Waals surface area contributed by atoms with Gasteiger partial charge in [0.05, 0.1) is 0 Å². The van der Waals surface area contributed by atoms with E-state index < -0.39 is 6.10 Å². The van der Waals surface area contributed by atoms with Crippen molar-refractivity contribution in [3.05, 3.63) is 48.6 Å². The quantitative estimate of drug-likeness (QED) is 0.0265. The molecule has 0 aliphatic carbocycles. The molecule has 0 aliphatic rings. The van der Waals surface area contributed by atoms with Gasteiger partial charge in [0.15, 0.2) is 6.10 Å². The second-order valence-corrected chi connectivity index (χ2v) is 16.0. The van der Waals surface area contributed by atoms with Gasteiger partial charge in [0.1, 0.15) is 13.2 Å². The first-order chi connectivity index (χ1) is 28.0. The highest BCUT2D eigenvalue weighted by molar-refractivity contribution is 5.71. The van der Waals surface area contributed by atoms with Crippen LogP contribution < -0.4 is 0 Å². The van der Waals surface area contributed by atoms with Crippen LogP contribution in [-0.2, 0) is 28.6 Å². The van der Waals surface area contributed by atoms with Gasteiger partial charge in [-0.2, -0.15) is 0 Å². The number of hydrogen-bond acceptors (Lipinski definition) is 6. The summed E-state index contributed by atoms with van der Waals surface area (Å²) in [7, 11) is 0. The summed E-state index contributed by atoms with van der Waals surface area (Å²) in [6, 6.07) is 0. The molecule has 0 heterocycles. The number of carbonyl (C=O) groups excluding carboxylic acids is 3. The van der Waals surface area contributed by atoms with E-state index in [1.807, 2.05) is 6.08 Å². The zero-order valence-electron chi connectivity index (χ0n) is 37.6. The summed E-state index contributed by atoms with van der Waals surface area (Å²) in [5, 5.41) is 0. The summed E-state index contributed by atoms with van der Waals surface area (Å²) in [5.74, 6) is -0.971. The fraction of sp³-hybridized carbons (Fsp3) is 0.784. The van der Waals surface area contributed by atoms with Crippen molar-refractivity contribution in [2.24, 2.45) is 0 Å². The second-order valence-electron chi connectivity index (χ2n) is 16.0. The molecule has 0 aromatic carbocycles. The highest BCUT2D eigenvalue weighted by atomic mass is 16.6. The van der Waals surface area contributed by atoms with Crippen LogP contribution in [0.1, 0.15) is 239 Å². The molecule has 6 nitrogen and oxygen atoms in total. The predicted octanol–water partition coefficient (Wildman–Crippen LogP) is 15.5. The van der Waals surface area contributed by atoms with Crippen LogP contribution in [0.25, 0.3) is 0 Å². The van der Waals surface area contributed by atoms with Gasteiger partial charge in [-0.3, -0.25) is 14.4 Å². The van der Waals surface area contributed by atoms with Crippen molar-refractivity contribution in [3.63, 3.8) is 0 Å². The van der Waals surface area contributed by atoms with E-state index in [1.165, 1.54) is 122 Å². The summed E-state index contributed by atoms with van der Waals surface area (Å²) in [4.78, 5) is 37.8. The van der Waals surface area contributed by atoms with Gasteiger partial charge < -0.3 is 14.2 Å². The zero-order chi connectivity index (χ0) is 41.5. The number of carbonyl (C=O) groups is 3. The lowest BCUT2D eigenvalue weighted by Crippen LogP contribution is -2.30. The molecule has 0 N–H and O–H groups in total. The SMILES string of the molecule is CC/C=C\C/C=C\CCCCCCCCCC(=O)OCC(COC(=O)CCCCCCCCCCCCCC)OC(=O)CC/C=C\C/C=C\CCCCCCCC. The maximum atomic E-state index is 12.7. The van der Waals surface area contributed by atoms with Crippen LogP contribution >= 0.6 is 0 Å². The van der Waals surface area contributed by atoms with Gasteiger partial charge in [0.25, 0.3) is 0 Å². The van der Waals surface area contributed by atoms with Gasteiger partial charge in [0, 0.05) is 19.3 Å². The minimum atomic E-state index is -0.802. The van der Waals surface area contributed by atoms with Gasteiger partial charge >= 0.3 is 17.9 Å². The van der Waals surface area contributed by atoms with E-state index in [4.69, 9.17) is 14.2 Å². The lowest BCUT2D eigenvalue weighted by Gasteiger charge is -2.18. The molecule has 0 rings (SSSR count). The molecule has 0 amide bonds. The van der Waals surface area contributed by atoms with Crippen molar-refractivity contribution < 1.29 is 28.6 Å². The average molecular weight is 799 g/mol. The smallest absolute Gasteiger partial charge is 0.306 e. The van der Waals surface area contributed by atoms with Crippen molar-refractivity contribution in [2.75, 3.05) is 13.2 Å². The average Bonchev–Trinajstić information content (AvgIpc) is 3.21. The first-order valence-corrected chi connectivity index (χ1v) is 24.1. The Labute approximate surface area is 352 Å². The molecule has 0 fully saturated rings. The first-order valence-electron chi connectivity index (χ1n) is 24.1. The monoisotopic (exact) mass is 799 g/mol. The number of rotatable bonds is 43. The molecule has 0 radical (unpaired) electrons. The molecule has 0 saturated heterocycles. The maximum absolute atomic E-state index is 12.7. The molecule has 0 aromatic heterocycles. The number of allylic oxidation sites excluding steroid dienone is 8. The standard InChI is InChI=1S/C51H90O6/c1-4-7-10-13-16-19-22-25-27-29-32-35-38-41-44-50(53)56-47-48(46-55-49(52)43-40-37-34-31-28-24-21-18-15-12-9-6-3)57-51(54)45-42-39-36-33-30-26-23-20-17-14-11-8-5-2/h7,10,16,19,26,30,36,39,48H,4-6,8-9,11-15,17-18,20-25,27-29,31-35,37-38,40-47H2,1-3H3/b10-7-,19-16-,30-26-,39-36-. The zero-order valence-corrected chi connectivity index (χ0v) is 37.6.